The van der Waals surface area contributed by atoms with Crippen molar-refractivity contribution in [1.29, 1.82) is 0 Å². The van der Waals surface area contributed by atoms with Crippen LogP contribution in [-0.2, 0) is 10.0 Å². The molecule has 7 nitrogen and oxygen atoms in total. The van der Waals surface area contributed by atoms with Crippen molar-refractivity contribution in [2.75, 3.05) is 6.54 Å². The molecule has 4 heterocycles. The average molecular weight is 455 g/mol. The molecule has 0 N–H and O–H groups in total. The first kappa shape index (κ1) is 15.9. The molecule has 1 unspecified atom stereocenters. The Hall–Kier alpha value is -1.59. The average Bonchev–Trinajstić information content (AvgIpc) is 3.22. The lowest BCUT2D eigenvalue weighted by Gasteiger charge is -2.23. The molecule has 3 aromatic heterocycles. The summed E-state index contributed by atoms with van der Waals surface area (Å²) in [6, 6.07) is 7.02. The fourth-order valence-electron chi connectivity index (χ4n) is 3.13. The van der Waals surface area contributed by atoms with Gasteiger partial charge in [-0.1, -0.05) is 6.07 Å². The van der Waals surface area contributed by atoms with Gasteiger partial charge in [-0.15, -0.1) is 5.10 Å². The Morgan fingerprint density at radius 2 is 2.04 bits per heavy atom. The molecule has 0 bridgehead atoms. The Balaban J connectivity index is 1.82. The SMILES string of the molecule is O=S(=O)(c1nn(I)c2ncccc12)N1CCCC1c1cccnc1. The molecule has 0 radical (unpaired) electrons. The van der Waals surface area contributed by atoms with Gasteiger partial charge in [-0.2, -0.15) is 7.20 Å². The number of halogens is 1. The molecular formula is C15H14IN5O2S. The van der Waals surface area contributed by atoms with E-state index in [4.69, 9.17) is 0 Å². The Morgan fingerprint density at radius 1 is 1.21 bits per heavy atom. The molecule has 1 atom stereocenters. The molecule has 1 saturated heterocycles. The molecular weight excluding hydrogens is 441 g/mol. The van der Waals surface area contributed by atoms with Gasteiger partial charge in [0.15, 0.2) is 5.65 Å². The van der Waals surface area contributed by atoms with Crippen molar-refractivity contribution in [1.82, 2.24) is 22.3 Å². The topological polar surface area (TPSA) is 81.0 Å². The highest BCUT2D eigenvalue weighted by Crippen LogP contribution is 2.37. The fourth-order valence-corrected chi connectivity index (χ4v) is 5.65. The molecule has 0 saturated carbocycles. The number of rotatable bonds is 3. The van der Waals surface area contributed by atoms with Crippen LogP contribution in [0.5, 0.6) is 0 Å². The first-order valence-corrected chi connectivity index (χ1v) is 9.91. The smallest absolute Gasteiger partial charge is 0.263 e. The third-order valence-corrected chi connectivity index (χ3v) is 6.71. The minimum Gasteiger partial charge on any atom is -0.264 e. The van der Waals surface area contributed by atoms with Gasteiger partial charge in [0.1, 0.15) is 0 Å². The Kier molecular flexibility index (Phi) is 4.01. The predicted molar refractivity (Wildman–Crippen MR) is 97.0 cm³/mol. The summed E-state index contributed by atoms with van der Waals surface area (Å²) >= 11 is 1.95. The first-order valence-electron chi connectivity index (χ1n) is 7.51. The minimum absolute atomic E-state index is 0.0655. The zero-order valence-corrected chi connectivity index (χ0v) is 15.6. The molecule has 0 amide bonds. The highest BCUT2D eigenvalue weighted by molar-refractivity contribution is 14.1. The fraction of sp³-hybridized carbons (Fsp3) is 0.267. The summed E-state index contributed by atoms with van der Waals surface area (Å²) in [6.07, 6.45) is 6.65. The molecule has 4 rings (SSSR count). The molecule has 3 aromatic rings. The van der Waals surface area contributed by atoms with Crippen LogP contribution < -0.4 is 0 Å². The minimum atomic E-state index is -3.71. The van der Waals surface area contributed by atoms with Gasteiger partial charge < -0.3 is 0 Å². The maximum Gasteiger partial charge on any atom is 0.263 e. The van der Waals surface area contributed by atoms with Gasteiger partial charge in [0, 0.05) is 25.1 Å². The number of nitrogens with zero attached hydrogens (tertiary/aromatic N) is 5. The van der Waals surface area contributed by atoms with E-state index < -0.39 is 10.0 Å². The largest absolute Gasteiger partial charge is 0.264 e. The third-order valence-electron chi connectivity index (χ3n) is 4.20. The van der Waals surface area contributed by atoms with Crippen LogP contribution in [0.25, 0.3) is 11.0 Å². The van der Waals surface area contributed by atoms with Crippen molar-refractivity contribution in [3.8, 4) is 0 Å². The predicted octanol–water partition coefficient (Wildman–Crippen LogP) is 2.55. The second-order valence-corrected chi connectivity index (χ2v) is 8.32. The molecule has 124 valence electrons. The van der Waals surface area contributed by atoms with Crippen molar-refractivity contribution in [2.24, 2.45) is 0 Å². The van der Waals surface area contributed by atoms with E-state index in [9.17, 15) is 8.42 Å². The van der Waals surface area contributed by atoms with Crippen LogP contribution in [0.15, 0.2) is 47.9 Å². The number of pyridine rings is 2. The summed E-state index contributed by atoms with van der Waals surface area (Å²) in [6.45, 7) is 0.484. The molecule has 9 heteroatoms. The van der Waals surface area contributed by atoms with Crippen molar-refractivity contribution in [2.45, 2.75) is 23.9 Å². The van der Waals surface area contributed by atoms with E-state index in [1.807, 2.05) is 35.0 Å². The Bertz CT molecular complexity index is 990. The van der Waals surface area contributed by atoms with Gasteiger partial charge in [0.25, 0.3) is 10.0 Å². The van der Waals surface area contributed by atoms with Crippen LogP contribution in [0.1, 0.15) is 24.4 Å². The normalized spacial score (nSPS) is 19.1. The highest BCUT2D eigenvalue weighted by atomic mass is 127. The van der Waals surface area contributed by atoms with E-state index in [0.717, 1.165) is 18.4 Å². The van der Waals surface area contributed by atoms with Gasteiger partial charge in [0.05, 0.1) is 34.3 Å². The summed E-state index contributed by atoms with van der Waals surface area (Å²) in [5.74, 6) is 0. The van der Waals surface area contributed by atoms with Gasteiger partial charge in [0.2, 0.25) is 5.03 Å². The van der Waals surface area contributed by atoms with Crippen molar-refractivity contribution < 1.29 is 8.42 Å². The van der Waals surface area contributed by atoms with Crippen LogP contribution in [0.2, 0.25) is 0 Å². The molecule has 1 fully saturated rings. The summed E-state index contributed by atoms with van der Waals surface area (Å²) in [5, 5.41) is 4.84. The van der Waals surface area contributed by atoms with Gasteiger partial charge in [-0.05, 0) is 36.6 Å². The summed E-state index contributed by atoms with van der Waals surface area (Å²) < 4.78 is 29.5. The second-order valence-electron chi connectivity index (χ2n) is 5.60. The molecule has 24 heavy (non-hydrogen) atoms. The van der Waals surface area contributed by atoms with Gasteiger partial charge in [-0.25, -0.2) is 13.4 Å². The lowest BCUT2D eigenvalue weighted by Crippen LogP contribution is -2.31. The number of aromatic nitrogens is 4. The Labute approximate surface area is 153 Å². The lowest BCUT2D eigenvalue weighted by molar-refractivity contribution is 0.394. The first-order chi connectivity index (χ1) is 11.6. The summed E-state index contributed by atoms with van der Waals surface area (Å²) in [5.41, 5.74) is 1.46. The van der Waals surface area contributed by atoms with E-state index in [-0.39, 0.29) is 11.1 Å². The lowest BCUT2D eigenvalue weighted by atomic mass is 10.1. The Morgan fingerprint density at radius 3 is 2.83 bits per heavy atom. The summed E-state index contributed by atoms with van der Waals surface area (Å²) in [7, 11) is -3.71. The van der Waals surface area contributed by atoms with Crippen LogP contribution in [0.3, 0.4) is 0 Å². The molecule has 1 aliphatic heterocycles. The second kappa shape index (κ2) is 6.05. The zero-order chi connectivity index (χ0) is 16.7. The third kappa shape index (κ3) is 2.50. The van der Waals surface area contributed by atoms with E-state index in [1.54, 1.807) is 30.7 Å². The number of hydrogen-bond donors (Lipinski definition) is 0. The van der Waals surface area contributed by atoms with Crippen LogP contribution in [0, 0.1) is 0 Å². The maximum absolute atomic E-state index is 13.2. The standard InChI is InChI=1S/C15H14IN5O2S/c16-21-14-12(5-2-8-18-14)15(19-21)24(22,23)20-9-3-6-13(20)11-4-1-7-17-10-11/h1-2,4-5,7-8,10,13H,3,6,9H2. The summed E-state index contributed by atoms with van der Waals surface area (Å²) in [4.78, 5) is 8.34. The highest BCUT2D eigenvalue weighted by Gasteiger charge is 2.39. The van der Waals surface area contributed by atoms with Crippen molar-refractivity contribution >= 4 is 43.9 Å². The van der Waals surface area contributed by atoms with Crippen molar-refractivity contribution in [3.63, 3.8) is 0 Å². The number of fused-ring (bicyclic) bond motifs is 1. The quantitative estimate of drug-likeness (QED) is 0.568. The monoisotopic (exact) mass is 455 g/mol. The van der Waals surface area contributed by atoms with Crippen LogP contribution in [-0.4, -0.2) is 37.2 Å². The van der Waals surface area contributed by atoms with E-state index in [1.165, 1.54) is 7.20 Å². The molecule has 0 aliphatic carbocycles. The molecule has 0 aromatic carbocycles. The van der Waals surface area contributed by atoms with Crippen molar-refractivity contribution in [3.05, 3.63) is 48.4 Å². The molecule has 1 aliphatic rings. The van der Waals surface area contributed by atoms with Gasteiger partial charge >= 0.3 is 0 Å². The number of sulfonamides is 1. The van der Waals surface area contributed by atoms with E-state index in [0.29, 0.717) is 17.6 Å². The van der Waals surface area contributed by atoms with Crippen LogP contribution >= 0.6 is 22.9 Å². The van der Waals surface area contributed by atoms with E-state index >= 15 is 0 Å². The van der Waals surface area contributed by atoms with Gasteiger partial charge in [-0.3, -0.25) is 4.98 Å². The molecule has 0 spiro atoms. The van der Waals surface area contributed by atoms with Crippen LogP contribution in [0.4, 0.5) is 0 Å². The number of hydrogen-bond acceptors (Lipinski definition) is 5. The maximum atomic E-state index is 13.2. The zero-order valence-electron chi connectivity index (χ0n) is 12.6. The van der Waals surface area contributed by atoms with E-state index in [2.05, 4.69) is 15.1 Å².